The topological polar surface area (TPSA) is 25.2 Å². The molecule has 1 N–H and O–H groups in total. The minimum atomic E-state index is 0.340. The Bertz CT molecular complexity index is 299. The molecule has 1 aromatic rings. The maximum absolute atomic E-state index is 5.39. The van der Waals surface area contributed by atoms with E-state index in [-0.39, 0.29) is 0 Å². The van der Waals surface area contributed by atoms with E-state index in [1.54, 1.807) is 6.26 Å². The van der Waals surface area contributed by atoms with Gasteiger partial charge >= 0.3 is 0 Å². The van der Waals surface area contributed by atoms with Crippen molar-refractivity contribution in [3.8, 4) is 0 Å². The summed E-state index contributed by atoms with van der Waals surface area (Å²) in [7, 11) is 0. The van der Waals surface area contributed by atoms with Gasteiger partial charge in [0.05, 0.1) is 12.3 Å². The van der Waals surface area contributed by atoms with E-state index in [9.17, 15) is 0 Å². The van der Waals surface area contributed by atoms with Gasteiger partial charge in [-0.25, -0.2) is 0 Å². The van der Waals surface area contributed by atoms with Crippen molar-refractivity contribution >= 4 is 0 Å². The molecule has 0 aliphatic heterocycles. The molecule has 1 heterocycles. The van der Waals surface area contributed by atoms with Crippen LogP contribution in [0, 0.1) is 11.8 Å². The first-order chi connectivity index (χ1) is 8.25. The van der Waals surface area contributed by atoms with Crippen molar-refractivity contribution in [3.05, 3.63) is 24.2 Å². The van der Waals surface area contributed by atoms with Crippen molar-refractivity contribution in [2.45, 2.75) is 52.0 Å². The van der Waals surface area contributed by atoms with Gasteiger partial charge in [0.15, 0.2) is 0 Å². The SMILES string of the molecule is CC1CCC(CCNC(C)c2ccco2)CC1. The predicted octanol–water partition coefficient (Wildman–Crippen LogP) is 4.15. The van der Waals surface area contributed by atoms with Gasteiger partial charge in [0, 0.05) is 0 Å². The molecular formula is C15H25NO. The zero-order valence-corrected chi connectivity index (χ0v) is 11.1. The maximum Gasteiger partial charge on any atom is 0.120 e. The van der Waals surface area contributed by atoms with Crippen molar-refractivity contribution in [3.63, 3.8) is 0 Å². The standard InChI is InChI=1S/C15H25NO/c1-12-5-7-14(8-6-12)9-10-16-13(2)15-4-3-11-17-15/h3-4,11-14,16H,5-10H2,1-2H3. The van der Waals surface area contributed by atoms with Crippen LogP contribution >= 0.6 is 0 Å². The van der Waals surface area contributed by atoms with Gasteiger partial charge in [-0.1, -0.05) is 32.6 Å². The summed E-state index contributed by atoms with van der Waals surface area (Å²) in [5.74, 6) is 2.95. The van der Waals surface area contributed by atoms with Crippen LogP contribution in [0.1, 0.15) is 57.8 Å². The molecule has 2 rings (SSSR count). The molecule has 1 atom stereocenters. The van der Waals surface area contributed by atoms with Crippen LogP contribution in [-0.2, 0) is 0 Å². The van der Waals surface area contributed by atoms with Gasteiger partial charge in [-0.15, -0.1) is 0 Å². The summed E-state index contributed by atoms with van der Waals surface area (Å²) in [5, 5.41) is 3.55. The molecule has 2 heteroatoms. The fraction of sp³-hybridized carbons (Fsp3) is 0.733. The first-order valence-electron chi connectivity index (χ1n) is 7.02. The molecule has 1 aliphatic carbocycles. The Labute approximate surface area is 105 Å². The summed E-state index contributed by atoms with van der Waals surface area (Å²) < 4.78 is 5.39. The largest absolute Gasteiger partial charge is 0.468 e. The fourth-order valence-electron chi connectivity index (χ4n) is 2.76. The lowest BCUT2D eigenvalue weighted by Gasteiger charge is -2.26. The maximum atomic E-state index is 5.39. The number of furan rings is 1. The van der Waals surface area contributed by atoms with E-state index in [4.69, 9.17) is 4.42 Å². The van der Waals surface area contributed by atoms with Crippen molar-refractivity contribution < 1.29 is 4.42 Å². The van der Waals surface area contributed by atoms with Crippen LogP contribution in [0.2, 0.25) is 0 Å². The highest BCUT2D eigenvalue weighted by Gasteiger charge is 2.18. The Morgan fingerprint density at radius 3 is 2.76 bits per heavy atom. The first kappa shape index (κ1) is 12.7. The Kier molecular flexibility index (Phi) is 4.66. The summed E-state index contributed by atoms with van der Waals surface area (Å²) in [6.45, 7) is 5.66. The number of hydrogen-bond donors (Lipinski definition) is 1. The van der Waals surface area contributed by atoms with Crippen molar-refractivity contribution in [2.24, 2.45) is 11.8 Å². The molecule has 0 amide bonds. The second kappa shape index (κ2) is 6.25. The third-order valence-corrected chi connectivity index (χ3v) is 4.11. The second-order valence-electron chi connectivity index (χ2n) is 5.61. The van der Waals surface area contributed by atoms with Crippen molar-refractivity contribution in [1.29, 1.82) is 0 Å². The first-order valence-corrected chi connectivity index (χ1v) is 7.02. The molecule has 1 aromatic heterocycles. The van der Waals surface area contributed by atoms with Crippen molar-refractivity contribution in [1.82, 2.24) is 5.32 Å². The highest BCUT2D eigenvalue weighted by atomic mass is 16.3. The quantitative estimate of drug-likeness (QED) is 0.829. The fourth-order valence-corrected chi connectivity index (χ4v) is 2.76. The Morgan fingerprint density at radius 2 is 2.12 bits per heavy atom. The average molecular weight is 235 g/mol. The minimum absolute atomic E-state index is 0.340. The van der Waals surface area contributed by atoms with Gasteiger partial charge < -0.3 is 9.73 Å². The lowest BCUT2D eigenvalue weighted by atomic mass is 9.81. The zero-order chi connectivity index (χ0) is 12.1. The number of rotatable bonds is 5. The lowest BCUT2D eigenvalue weighted by Crippen LogP contribution is -2.23. The zero-order valence-electron chi connectivity index (χ0n) is 11.1. The molecular weight excluding hydrogens is 210 g/mol. The number of hydrogen-bond acceptors (Lipinski definition) is 2. The van der Waals surface area contributed by atoms with Crippen LogP contribution in [0.4, 0.5) is 0 Å². The monoisotopic (exact) mass is 235 g/mol. The summed E-state index contributed by atoms with van der Waals surface area (Å²) >= 11 is 0. The molecule has 96 valence electrons. The van der Waals surface area contributed by atoms with E-state index in [0.717, 1.165) is 24.1 Å². The molecule has 1 fully saturated rings. The van der Waals surface area contributed by atoms with E-state index in [0.29, 0.717) is 6.04 Å². The highest BCUT2D eigenvalue weighted by molar-refractivity contribution is 5.02. The second-order valence-corrected chi connectivity index (χ2v) is 5.61. The van der Waals surface area contributed by atoms with E-state index in [1.807, 2.05) is 12.1 Å². The molecule has 0 bridgehead atoms. The van der Waals surface area contributed by atoms with Gasteiger partial charge in [0.1, 0.15) is 5.76 Å². The molecule has 1 aliphatic rings. The summed E-state index contributed by atoms with van der Waals surface area (Å²) in [4.78, 5) is 0. The molecule has 2 nitrogen and oxygen atoms in total. The van der Waals surface area contributed by atoms with Crippen LogP contribution in [0.25, 0.3) is 0 Å². The molecule has 0 spiro atoms. The average Bonchev–Trinajstić information content (AvgIpc) is 2.85. The van der Waals surface area contributed by atoms with E-state index >= 15 is 0 Å². The van der Waals surface area contributed by atoms with E-state index < -0.39 is 0 Å². The van der Waals surface area contributed by atoms with Crippen LogP contribution in [0.3, 0.4) is 0 Å². The summed E-state index contributed by atoms with van der Waals surface area (Å²) in [6, 6.07) is 4.34. The van der Waals surface area contributed by atoms with Gasteiger partial charge in [-0.2, -0.15) is 0 Å². The molecule has 0 radical (unpaired) electrons. The van der Waals surface area contributed by atoms with Gasteiger partial charge in [-0.05, 0) is 43.9 Å². The van der Waals surface area contributed by atoms with Crippen LogP contribution in [-0.4, -0.2) is 6.54 Å². The van der Waals surface area contributed by atoms with Gasteiger partial charge in [0.2, 0.25) is 0 Å². The highest BCUT2D eigenvalue weighted by Crippen LogP contribution is 2.30. The normalized spacial score (nSPS) is 26.9. The predicted molar refractivity (Wildman–Crippen MR) is 70.9 cm³/mol. The molecule has 17 heavy (non-hydrogen) atoms. The van der Waals surface area contributed by atoms with Crippen molar-refractivity contribution in [2.75, 3.05) is 6.54 Å². The summed E-state index contributed by atoms with van der Waals surface area (Å²) in [5.41, 5.74) is 0. The van der Waals surface area contributed by atoms with E-state index in [1.165, 1.54) is 32.1 Å². The Balaban J connectivity index is 1.63. The Morgan fingerprint density at radius 1 is 1.35 bits per heavy atom. The Hall–Kier alpha value is -0.760. The third kappa shape index (κ3) is 3.88. The smallest absolute Gasteiger partial charge is 0.120 e. The third-order valence-electron chi connectivity index (χ3n) is 4.11. The van der Waals surface area contributed by atoms with Crippen LogP contribution in [0.15, 0.2) is 22.8 Å². The lowest BCUT2D eigenvalue weighted by molar-refractivity contribution is 0.271. The van der Waals surface area contributed by atoms with Crippen LogP contribution in [0.5, 0.6) is 0 Å². The number of nitrogens with one attached hydrogen (secondary N) is 1. The molecule has 0 saturated heterocycles. The summed E-state index contributed by atoms with van der Waals surface area (Å²) in [6.07, 6.45) is 8.78. The molecule has 0 aromatic carbocycles. The van der Waals surface area contributed by atoms with Crippen LogP contribution < -0.4 is 5.32 Å². The molecule has 1 unspecified atom stereocenters. The molecule has 1 saturated carbocycles. The van der Waals surface area contributed by atoms with Gasteiger partial charge in [-0.3, -0.25) is 0 Å². The minimum Gasteiger partial charge on any atom is -0.468 e. The van der Waals surface area contributed by atoms with E-state index in [2.05, 4.69) is 19.2 Å². The van der Waals surface area contributed by atoms with Gasteiger partial charge in [0.25, 0.3) is 0 Å².